The van der Waals surface area contributed by atoms with Crippen LogP contribution in [0.2, 0.25) is 0 Å². The summed E-state index contributed by atoms with van der Waals surface area (Å²) in [5.41, 5.74) is 1.60. The lowest BCUT2D eigenvalue weighted by Gasteiger charge is -2.36. The number of hydrogen-bond donors (Lipinski definition) is 1. The number of nitrogens with one attached hydrogen (secondary N) is 1. The zero-order valence-electron chi connectivity index (χ0n) is 12.6. The highest BCUT2D eigenvalue weighted by molar-refractivity contribution is 5.20. The summed E-state index contributed by atoms with van der Waals surface area (Å²) in [6.07, 6.45) is 10.9. The van der Waals surface area contributed by atoms with E-state index in [0.717, 1.165) is 13.1 Å². The number of nitriles is 1. The van der Waals surface area contributed by atoms with Gasteiger partial charge in [-0.2, -0.15) is 5.26 Å². The van der Waals surface area contributed by atoms with Crippen LogP contribution >= 0.6 is 0 Å². The first-order chi connectivity index (χ1) is 9.81. The molecule has 1 aliphatic carbocycles. The van der Waals surface area contributed by atoms with Gasteiger partial charge in [-0.15, -0.1) is 0 Å². The van der Waals surface area contributed by atoms with Crippen molar-refractivity contribution < 1.29 is 0 Å². The van der Waals surface area contributed by atoms with E-state index in [9.17, 15) is 0 Å². The lowest BCUT2D eigenvalue weighted by molar-refractivity contribution is 0.197. The summed E-state index contributed by atoms with van der Waals surface area (Å²) in [6, 6.07) is 2.16. The van der Waals surface area contributed by atoms with Crippen molar-refractivity contribution in [1.29, 1.82) is 5.26 Å². The fourth-order valence-electron chi connectivity index (χ4n) is 3.41. The molecule has 3 heteroatoms. The maximum Gasteiger partial charge on any atom is 0.0663 e. The van der Waals surface area contributed by atoms with Crippen LogP contribution in [0, 0.1) is 23.2 Å². The third-order valence-corrected chi connectivity index (χ3v) is 4.55. The van der Waals surface area contributed by atoms with Crippen molar-refractivity contribution in [2.24, 2.45) is 11.8 Å². The molecule has 3 nitrogen and oxygen atoms in total. The highest BCUT2D eigenvalue weighted by atomic mass is 15.2. The highest BCUT2D eigenvalue weighted by Gasteiger charge is 2.26. The number of nitrogens with zero attached hydrogens (tertiary/aromatic N) is 2. The van der Waals surface area contributed by atoms with Crippen molar-refractivity contribution in [1.82, 2.24) is 10.2 Å². The lowest BCUT2D eigenvalue weighted by Crippen LogP contribution is -2.46. The van der Waals surface area contributed by atoms with Crippen LogP contribution in [0.5, 0.6) is 0 Å². The first kappa shape index (κ1) is 15.3. The van der Waals surface area contributed by atoms with E-state index in [-0.39, 0.29) is 0 Å². The molecule has 0 radical (unpaired) electrons. The van der Waals surface area contributed by atoms with Gasteiger partial charge in [-0.05, 0) is 24.7 Å². The molecule has 0 amide bonds. The summed E-state index contributed by atoms with van der Waals surface area (Å²) < 4.78 is 0. The van der Waals surface area contributed by atoms with E-state index in [2.05, 4.69) is 35.4 Å². The molecule has 1 N–H and O–H groups in total. The van der Waals surface area contributed by atoms with Crippen LogP contribution in [-0.2, 0) is 0 Å². The van der Waals surface area contributed by atoms with E-state index >= 15 is 0 Å². The Balaban J connectivity index is 1.97. The molecular formula is C17H27N3. The Bertz CT molecular complexity index is 386. The van der Waals surface area contributed by atoms with Gasteiger partial charge in [0.1, 0.15) is 0 Å². The maximum absolute atomic E-state index is 8.59. The highest BCUT2D eigenvalue weighted by Crippen LogP contribution is 2.34. The molecule has 2 unspecified atom stereocenters. The van der Waals surface area contributed by atoms with Crippen molar-refractivity contribution in [3.05, 3.63) is 23.8 Å². The molecular weight excluding hydrogens is 246 g/mol. The van der Waals surface area contributed by atoms with Crippen molar-refractivity contribution in [3.63, 3.8) is 0 Å². The number of allylic oxidation sites excluding steroid dienone is 3. The smallest absolute Gasteiger partial charge is 0.0663 e. The summed E-state index contributed by atoms with van der Waals surface area (Å²) in [6.45, 7) is 8.19. The molecule has 1 saturated carbocycles. The van der Waals surface area contributed by atoms with E-state index in [1.165, 1.54) is 38.9 Å². The Morgan fingerprint density at radius 3 is 2.90 bits per heavy atom. The summed E-state index contributed by atoms with van der Waals surface area (Å²) in [5.74, 6) is 1.41. The molecule has 0 aromatic rings. The second kappa shape index (κ2) is 8.24. The zero-order valence-corrected chi connectivity index (χ0v) is 12.6. The molecule has 2 rings (SSSR count). The van der Waals surface area contributed by atoms with Gasteiger partial charge in [0.25, 0.3) is 0 Å². The van der Waals surface area contributed by atoms with Crippen LogP contribution < -0.4 is 5.32 Å². The third kappa shape index (κ3) is 4.47. The lowest BCUT2D eigenvalue weighted by atomic mass is 9.77. The Kier molecular flexibility index (Phi) is 6.29. The standard InChI is InChI=1S/C17H27N3/c1-15-6-5-7-16(14-20-12-10-19-11-13-20)17(15)8-3-2-4-9-18/h2-3,8,15-16,19H,4-7,10-14H2,1H3/b3-2-,17-8+. The van der Waals surface area contributed by atoms with Gasteiger partial charge in [-0.1, -0.05) is 37.1 Å². The Labute approximate surface area is 123 Å². The van der Waals surface area contributed by atoms with E-state index in [0.29, 0.717) is 18.3 Å². The quantitative estimate of drug-likeness (QED) is 0.856. The minimum Gasteiger partial charge on any atom is -0.314 e. The van der Waals surface area contributed by atoms with Crippen LogP contribution in [0.3, 0.4) is 0 Å². The van der Waals surface area contributed by atoms with Gasteiger partial charge in [-0.25, -0.2) is 0 Å². The molecule has 2 atom stereocenters. The zero-order chi connectivity index (χ0) is 14.2. The van der Waals surface area contributed by atoms with Gasteiger partial charge < -0.3 is 10.2 Å². The second-order valence-electron chi connectivity index (χ2n) is 6.04. The normalized spacial score (nSPS) is 30.7. The fourth-order valence-corrected chi connectivity index (χ4v) is 3.41. The first-order valence-corrected chi connectivity index (χ1v) is 7.98. The minimum atomic E-state index is 0.515. The number of rotatable bonds is 4. The first-order valence-electron chi connectivity index (χ1n) is 7.98. The monoisotopic (exact) mass is 273 g/mol. The van der Waals surface area contributed by atoms with Gasteiger partial charge in [0.15, 0.2) is 0 Å². The van der Waals surface area contributed by atoms with Crippen LogP contribution in [0.15, 0.2) is 23.8 Å². The van der Waals surface area contributed by atoms with Crippen molar-refractivity contribution in [3.8, 4) is 6.07 Å². The van der Waals surface area contributed by atoms with Gasteiger partial charge in [0.2, 0.25) is 0 Å². The average molecular weight is 273 g/mol. The fraction of sp³-hybridized carbons (Fsp3) is 0.706. The predicted octanol–water partition coefficient (Wildman–Crippen LogP) is 2.72. The summed E-state index contributed by atoms with van der Waals surface area (Å²) in [5, 5.41) is 12.0. The van der Waals surface area contributed by atoms with Crippen molar-refractivity contribution in [2.75, 3.05) is 32.7 Å². The molecule has 20 heavy (non-hydrogen) atoms. The molecule has 0 aromatic carbocycles. The molecule has 110 valence electrons. The SMILES string of the molecule is CC1CCCC(CN2CCNCC2)/C1=C/C=C\CC#N. The van der Waals surface area contributed by atoms with E-state index in [1.54, 1.807) is 5.57 Å². The average Bonchev–Trinajstić information content (AvgIpc) is 2.47. The molecule has 0 bridgehead atoms. The summed E-state index contributed by atoms with van der Waals surface area (Å²) in [7, 11) is 0. The molecule has 1 heterocycles. The molecule has 2 aliphatic rings. The van der Waals surface area contributed by atoms with Crippen LogP contribution in [0.25, 0.3) is 0 Å². The van der Waals surface area contributed by atoms with Gasteiger partial charge in [-0.3, -0.25) is 0 Å². The van der Waals surface area contributed by atoms with Crippen molar-refractivity contribution >= 4 is 0 Å². The van der Waals surface area contributed by atoms with Crippen molar-refractivity contribution in [2.45, 2.75) is 32.6 Å². The summed E-state index contributed by atoms with van der Waals surface area (Å²) >= 11 is 0. The largest absolute Gasteiger partial charge is 0.314 e. The van der Waals surface area contributed by atoms with Crippen LogP contribution in [-0.4, -0.2) is 37.6 Å². The molecule has 1 saturated heterocycles. The van der Waals surface area contributed by atoms with E-state index in [1.807, 2.05) is 6.08 Å². The van der Waals surface area contributed by atoms with E-state index in [4.69, 9.17) is 5.26 Å². The Morgan fingerprint density at radius 2 is 2.15 bits per heavy atom. The summed E-state index contributed by atoms with van der Waals surface area (Å²) in [4.78, 5) is 2.60. The minimum absolute atomic E-state index is 0.515. The Hall–Kier alpha value is -1.11. The van der Waals surface area contributed by atoms with Crippen LogP contribution in [0.4, 0.5) is 0 Å². The molecule has 2 fully saturated rings. The Morgan fingerprint density at radius 1 is 1.35 bits per heavy atom. The second-order valence-corrected chi connectivity index (χ2v) is 6.04. The number of hydrogen-bond acceptors (Lipinski definition) is 3. The van der Waals surface area contributed by atoms with Crippen LogP contribution in [0.1, 0.15) is 32.6 Å². The van der Waals surface area contributed by atoms with Gasteiger partial charge >= 0.3 is 0 Å². The third-order valence-electron chi connectivity index (χ3n) is 4.55. The maximum atomic E-state index is 8.59. The van der Waals surface area contributed by atoms with Gasteiger partial charge in [0.05, 0.1) is 12.5 Å². The number of piperazine rings is 1. The molecule has 0 aromatic heterocycles. The molecule has 1 aliphatic heterocycles. The molecule has 0 spiro atoms. The van der Waals surface area contributed by atoms with E-state index < -0.39 is 0 Å². The topological polar surface area (TPSA) is 39.1 Å². The van der Waals surface area contributed by atoms with Gasteiger partial charge in [0, 0.05) is 32.7 Å². The predicted molar refractivity (Wildman–Crippen MR) is 83.3 cm³/mol.